The number of nitrogen functional groups attached to an aromatic ring is 1. The molecule has 1 unspecified atom stereocenters. The highest BCUT2D eigenvalue weighted by Crippen LogP contribution is 2.39. The summed E-state index contributed by atoms with van der Waals surface area (Å²) in [4.78, 5) is 14.0. The minimum Gasteiger partial charge on any atom is -0.354 e. The van der Waals surface area contributed by atoms with Gasteiger partial charge in [0, 0.05) is 37.7 Å². The second kappa shape index (κ2) is 5.54. The van der Waals surface area contributed by atoms with Gasteiger partial charge < -0.3 is 10.3 Å². The number of nitrogens with two attached hydrogens (primary N) is 1. The number of nitrogens with one attached hydrogen (secondary N) is 1. The van der Waals surface area contributed by atoms with Crippen LogP contribution < -0.4 is 16.2 Å². The third-order valence-corrected chi connectivity index (χ3v) is 4.39. The van der Waals surface area contributed by atoms with E-state index in [1.807, 2.05) is 6.07 Å². The number of aromatic nitrogens is 2. The van der Waals surface area contributed by atoms with Gasteiger partial charge >= 0.3 is 0 Å². The van der Waals surface area contributed by atoms with Crippen LogP contribution in [0.1, 0.15) is 37.9 Å². The van der Waals surface area contributed by atoms with Gasteiger partial charge in [0.15, 0.2) is 0 Å². The molecule has 1 saturated carbocycles. The van der Waals surface area contributed by atoms with E-state index >= 15 is 0 Å². The molecule has 3 rings (SSSR count). The summed E-state index contributed by atoms with van der Waals surface area (Å²) in [6.45, 7) is 5.36. The van der Waals surface area contributed by atoms with Crippen LogP contribution in [0.2, 0.25) is 0 Å². The van der Waals surface area contributed by atoms with E-state index in [1.165, 1.54) is 12.8 Å². The summed E-state index contributed by atoms with van der Waals surface area (Å²) in [5, 5.41) is 0. The molecular formula is C14H24N6. The van der Waals surface area contributed by atoms with Crippen molar-refractivity contribution in [2.75, 3.05) is 37.0 Å². The molecular weight excluding hydrogens is 252 g/mol. The predicted octanol–water partition coefficient (Wildman–Crippen LogP) is 1.17. The maximum absolute atomic E-state index is 5.55. The van der Waals surface area contributed by atoms with Crippen LogP contribution in [-0.4, -0.2) is 47.6 Å². The zero-order valence-electron chi connectivity index (χ0n) is 12.3. The van der Waals surface area contributed by atoms with Crippen LogP contribution in [-0.2, 0) is 0 Å². The van der Waals surface area contributed by atoms with Crippen molar-refractivity contribution in [1.29, 1.82) is 0 Å². The zero-order chi connectivity index (χ0) is 14.1. The van der Waals surface area contributed by atoms with Crippen LogP contribution in [0.4, 0.5) is 11.6 Å². The molecule has 1 aromatic rings. The SMILES string of the molecule is CCC1CN(c2cc(NN)nc(C3CC3)n2)CCN1C. The van der Waals surface area contributed by atoms with Gasteiger partial charge in [-0.15, -0.1) is 0 Å². The Morgan fingerprint density at radius 2 is 2.15 bits per heavy atom. The fraction of sp³-hybridized carbons (Fsp3) is 0.714. The molecule has 1 aromatic heterocycles. The lowest BCUT2D eigenvalue weighted by molar-refractivity contribution is 0.213. The standard InChI is InChI=1S/C14H24N6/c1-3-11-9-20(7-6-19(11)2)13-8-12(18-15)16-14(17-13)10-4-5-10/h8,10-11H,3-7,9,15H2,1-2H3,(H,16,17,18). The molecule has 110 valence electrons. The topological polar surface area (TPSA) is 70.3 Å². The largest absolute Gasteiger partial charge is 0.354 e. The first-order valence-electron chi connectivity index (χ1n) is 7.52. The van der Waals surface area contributed by atoms with E-state index in [0.29, 0.717) is 12.0 Å². The summed E-state index contributed by atoms with van der Waals surface area (Å²) in [6, 6.07) is 2.56. The van der Waals surface area contributed by atoms with Crippen LogP contribution in [0.5, 0.6) is 0 Å². The molecule has 0 bridgehead atoms. The van der Waals surface area contributed by atoms with Gasteiger partial charge in [0.05, 0.1) is 0 Å². The van der Waals surface area contributed by atoms with Crippen molar-refractivity contribution < 1.29 is 0 Å². The zero-order valence-corrected chi connectivity index (χ0v) is 12.3. The second-order valence-electron chi connectivity index (χ2n) is 5.88. The molecule has 3 N–H and O–H groups in total. The molecule has 0 radical (unpaired) electrons. The van der Waals surface area contributed by atoms with Gasteiger partial charge in [-0.1, -0.05) is 6.92 Å². The maximum Gasteiger partial charge on any atom is 0.145 e. The van der Waals surface area contributed by atoms with Gasteiger partial charge in [0.1, 0.15) is 17.5 Å². The number of likely N-dealkylation sites (N-methyl/N-ethyl adjacent to an activating group) is 1. The first-order chi connectivity index (χ1) is 9.71. The molecule has 2 fully saturated rings. The molecule has 0 spiro atoms. The third-order valence-electron chi connectivity index (χ3n) is 4.39. The van der Waals surface area contributed by atoms with Crippen LogP contribution in [0.3, 0.4) is 0 Å². The summed E-state index contributed by atoms with van der Waals surface area (Å²) in [6.07, 6.45) is 3.57. The van der Waals surface area contributed by atoms with Crippen molar-refractivity contribution in [2.45, 2.75) is 38.1 Å². The summed E-state index contributed by atoms with van der Waals surface area (Å²) in [7, 11) is 2.20. The van der Waals surface area contributed by atoms with Gasteiger partial charge in [0.25, 0.3) is 0 Å². The lowest BCUT2D eigenvalue weighted by atomic mass is 10.1. The van der Waals surface area contributed by atoms with Crippen molar-refractivity contribution in [1.82, 2.24) is 14.9 Å². The van der Waals surface area contributed by atoms with Crippen molar-refractivity contribution in [3.63, 3.8) is 0 Å². The molecule has 1 saturated heterocycles. The Morgan fingerprint density at radius 1 is 1.35 bits per heavy atom. The first kappa shape index (κ1) is 13.6. The van der Waals surface area contributed by atoms with Gasteiger partial charge in [-0.2, -0.15) is 0 Å². The number of nitrogens with zero attached hydrogens (tertiary/aromatic N) is 4. The third kappa shape index (κ3) is 2.71. The average Bonchev–Trinajstić information content (AvgIpc) is 3.32. The van der Waals surface area contributed by atoms with Gasteiger partial charge in [-0.25, -0.2) is 15.8 Å². The molecule has 2 heterocycles. The Kier molecular flexibility index (Phi) is 3.76. The van der Waals surface area contributed by atoms with Gasteiger partial charge in [0.2, 0.25) is 0 Å². The predicted molar refractivity (Wildman–Crippen MR) is 80.7 cm³/mol. The number of rotatable bonds is 4. The molecule has 20 heavy (non-hydrogen) atoms. The van der Waals surface area contributed by atoms with Crippen molar-refractivity contribution >= 4 is 11.6 Å². The van der Waals surface area contributed by atoms with E-state index in [4.69, 9.17) is 10.8 Å². The number of hydrogen-bond acceptors (Lipinski definition) is 6. The smallest absolute Gasteiger partial charge is 0.145 e. The minimum atomic E-state index is 0.538. The molecule has 2 aliphatic rings. The quantitative estimate of drug-likeness (QED) is 0.635. The number of hydrazine groups is 1. The van der Waals surface area contributed by atoms with Crippen LogP contribution in [0, 0.1) is 0 Å². The van der Waals surface area contributed by atoms with Gasteiger partial charge in [-0.3, -0.25) is 4.90 Å². The summed E-state index contributed by atoms with van der Waals surface area (Å²) < 4.78 is 0. The number of anilines is 2. The summed E-state index contributed by atoms with van der Waals surface area (Å²) >= 11 is 0. The fourth-order valence-electron chi connectivity index (χ4n) is 2.81. The second-order valence-corrected chi connectivity index (χ2v) is 5.88. The molecule has 0 aromatic carbocycles. The molecule has 6 heteroatoms. The fourth-order valence-corrected chi connectivity index (χ4v) is 2.81. The van der Waals surface area contributed by atoms with Gasteiger partial charge in [-0.05, 0) is 26.3 Å². The molecule has 1 atom stereocenters. The Balaban J connectivity index is 1.83. The molecule has 0 amide bonds. The number of piperazine rings is 1. The minimum absolute atomic E-state index is 0.538. The van der Waals surface area contributed by atoms with Crippen LogP contribution >= 0.6 is 0 Å². The molecule has 1 aliphatic heterocycles. The highest BCUT2D eigenvalue weighted by molar-refractivity contribution is 5.50. The first-order valence-corrected chi connectivity index (χ1v) is 7.52. The molecule has 6 nitrogen and oxygen atoms in total. The van der Waals surface area contributed by atoms with Crippen LogP contribution in [0.15, 0.2) is 6.07 Å². The van der Waals surface area contributed by atoms with E-state index in [2.05, 4.69) is 34.2 Å². The Morgan fingerprint density at radius 3 is 2.80 bits per heavy atom. The van der Waals surface area contributed by atoms with E-state index < -0.39 is 0 Å². The van der Waals surface area contributed by atoms with Crippen molar-refractivity contribution in [2.24, 2.45) is 5.84 Å². The Hall–Kier alpha value is -1.40. The number of hydrogen-bond donors (Lipinski definition) is 2. The molecule has 1 aliphatic carbocycles. The average molecular weight is 276 g/mol. The van der Waals surface area contributed by atoms with Crippen molar-refractivity contribution in [3.8, 4) is 0 Å². The Bertz CT molecular complexity index is 473. The van der Waals surface area contributed by atoms with E-state index in [1.54, 1.807) is 0 Å². The van der Waals surface area contributed by atoms with Crippen LogP contribution in [0.25, 0.3) is 0 Å². The van der Waals surface area contributed by atoms with E-state index in [-0.39, 0.29) is 0 Å². The summed E-state index contributed by atoms with van der Waals surface area (Å²) in [5.74, 6) is 8.77. The lowest BCUT2D eigenvalue weighted by Gasteiger charge is -2.39. The van der Waals surface area contributed by atoms with E-state index in [0.717, 1.165) is 43.5 Å². The highest BCUT2D eigenvalue weighted by atomic mass is 15.3. The lowest BCUT2D eigenvalue weighted by Crippen LogP contribution is -2.51. The monoisotopic (exact) mass is 276 g/mol. The summed E-state index contributed by atoms with van der Waals surface area (Å²) in [5.41, 5.74) is 2.68. The normalized spacial score (nSPS) is 23.9. The Labute approximate surface area is 120 Å². The van der Waals surface area contributed by atoms with E-state index in [9.17, 15) is 0 Å². The highest BCUT2D eigenvalue weighted by Gasteiger charge is 2.29. The maximum atomic E-state index is 5.55. The van der Waals surface area contributed by atoms with Crippen molar-refractivity contribution in [3.05, 3.63) is 11.9 Å².